The van der Waals surface area contributed by atoms with Gasteiger partial charge in [-0.25, -0.2) is 8.42 Å². The van der Waals surface area contributed by atoms with Gasteiger partial charge >= 0.3 is 0 Å². The van der Waals surface area contributed by atoms with Gasteiger partial charge in [0.1, 0.15) is 0 Å². The maximum atomic E-state index is 12.7. The van der Waals surface area contributed by atoms with Crippen molar-refractivity contribution < 1.29 is 13.2 Å². The largest absolute Gasteiger partial charge is 0.337 e. The van der Waals surface area contributed by atoms with E-state index < -0.39 is 10.0 Å². The van der Waals surface area contributed by atoms with Gasteiger partial charge in [0.05, 0.1) is 22.0 Å². The molecule has 1 amide bonds. The highest BCUT2D eigenvalue weighted by atomic mass is 35.5. The Morgan fingerprint density at radius 2 is 1.88 bits per heavy atom. The van der Waals surface area contributed by atoms with Crippen molar-refractivity contribution in [2.24, 2.45) is 0 Å². The second-order valence-electron chi connectivity index (χ2n) is 6.41. The number of rotatable bonds is 4. The summed E-state index contributed by atoms with van der Waals surface area (Å²) in [6, 6.07) is 14.5. The Bertz CT molecular complexity index is 900. The van der Waals surface area contributed by atoms with Crippen molar-refractivity contribution in [2.75, 3.05) is 23.7 Å². The number of carbonyl (C=O) groups is 1. The zero-order valence-electron chi connectivity index (χ0n) is 14.6. The van der Waals surface area contributed by atoms with Gasteiger partial charge in [-0.2, -0.15) is 0 Å². The molecule has 26 heavy (non-hydrogen) atoms. The molecule has 0 saturated carbocycles. The number of benzene rings is 2. The molecule has 0 aliphatic carbocycles. The van der Waals surface area contributed by atoms with E-state index in [2.05, 4.69) is 0 Å². The molecule has 3 rings (SSSR count). The van der Waals surface area contributed by atoms with Crippen molar-refractivity contribution in [1.29, 1.82) is 0 Å². The maximum absolute atomic E-state index is 12.7. The van der Waals surface area contributed by atoms with Gasteiger partial charge < -0.3 is 4.90 Å². The van der Waals surface area contributed by atoms with Gasteiger partial charge in [-0.1, -0.05) is 41.9 Å². The minimum absolute atomic E-state index is 0.144. The molecule has 2 aromatic carbocycles. The molecule has 1 fully saturated rings. The van der Waals surface area contributed by atoms with Gasteiger partial charge in [-0.3, -0.25) is 9.10 Å². The third kappa shape index (κ3) is 4.02. The third-order valence-electron chi connectivity index (χ3n) is 4.43. The van der Waals surface area contributed by atoms with Crippen LogP contribution in [0.5, 0.6) is 0 Å². The highest BCUT2D eigenvalue weighted by molar-refractivity contribution is 7.92. The first-order chi connectivity index (χ1) is 12.4. The summed E-state index contributed by atoms with van der Waals surface area (Å²) in [5.74, 6) is -0.0580. The summed E-state index contributed by atoms with van der Waals surface area (Å²) in [7, 11) is -1.59. The number of sulfonamides is 1. The van der Waals surface area contributed by atoms with Gasteiger partial charge in [0.25, 0.3) is 5.91 Å². The lowest BCUT2D eigenvalue weighted by molar-refractivity contribution is 0.0785. The molecule has 0 atom stereocenters. The number of halogens is 1. The van der Waals surface area contributed by atoms with E-state index in [9.17, 15) is 13.2 Å². The Balaban J connectivity index is 1.80. The minimum atomic E-state index is -3.30. The van der Waals surface area contributed by atoms with Crippen molar-refractivity contribution in [1.82, 2.24) is 4.90 Å². The molecule has 7 heteroatoms. The molecule has 0 N–H and O–H groups in total. The molecule has 1 aliphatic heterocycles. The zero-order valence-corrected chi connectivity index (χ0v) is 16.1. The molecule has 1 heterocycles. The normalized spacial score (nSPS) is 16.3. The first-order valence-electron chi connectivity index (χ1n) is 8.48. The molecular formula is C19H21ClN2O3S. The molecule has 0 radical (unpaired) electrons. The fraction of sp³-hybridized carbons (Fsp3) is 0.316. The molecule has 1 saturated heterocycles. The van der Waals surface area contributed by atoms with Gasteiger partial charge in [0, 0.05) is 20.1 Å². The van der Waals surface area contributed by atoms with Crippen LogP contribution in [0.25, 0.3) is 0 Å². The van der Waals surface area contributed by atoms with E-state index in [1.54, 1.807) is 30.1 Å². The monoisotopic (exact) mass is 392 g/mol. The summed E-state index contributed by atoms with van der Waals surface area (Å²) in [6.07, 6.45) is 1.49. The van der Waals surface area contributed by atoms with Gasteiger partial charge in [-0.05, 0) is 36.6 Å². The molecule has 5 nitrogen and oxygen atoms in total. The van der Waals surface area contributed by atoms with Crippen molar-refractivity contribution >= 4 is 33.2 Å². The first-order valence-corrected chi connectivity index (χ1v) is 10.5. The Labute approximate surface area is 159 Å². The summed E-state index contributed by atoms with van der Waals surface area (Å²) in [4.78, 5) is 14.3. The van der Waals surface area contributed by atoms with Crippen molar-refractivity contribution in [3.05, 3.63) is 64.7 Å². The highest BCUT2D eigenvalue weighted by Gasteiger charge is 2.27. The van der Waals surface area contributed by atoms with Gasteiger partial charge in [0.15, 0.2) is 0 Å². The van der Waals surface area contributed by atoms with Crippen LogP contribution in [0.3, 0.4) is 0 Å². The Morgan fingerprint density at radius 3 is 2.54 bits per heavy atom. The van der Waals surface area contributed by atoms with Crippen molar-refractivity contribution in [2.45, 2.75) is 19.4 Å². The number of hydrogen-bond donors (Lipinski definition) is 0. The van der Waals surface area contributed by atoms with Crippen LogP contribution in [-0.4, -0.2) is 38.6 Å². The Hall–Kier alpha value is -2.05. The number of amides is 1. The lowest BCUT2D eigenvalue weighted by Gasteiger charge is -2.28. The van der Waals surface area contributed by atoms with E-state index in [1.165, 1.54) is 4.31 Å². The van der Waals surface area contributed by atoms with Gasteiger partial charge in [-0.15, -0.1) is 0 Å². The number of anilines is 1. The second kappa shape index (κ2) is 7.68. The van der Waals surface area contributed by atoms with E-state index in [1.807, 2.05) is 30.3 Å². The summed E-state index contributed by atoms with van der Waals surface area (Å²) in [5, 5.41) is 0.258. The minimum Gasteiger partial charge on any atom is -0.337 e. The Kier molecular flexibility index (Phi) is 5.53. The predicted octanol–water partition coefficient (Wildman–Crippen LogP) is 3.54. The topological polar surface area (TPSA) is 57.7 Å². The van der Waals surface area contributed by atoms with Crippen LogP contribution in [0.4, 0.5) is 5.69 Å². The van der Waals surface area contributed by atoms with Crippen LogP contribution in [0, 0.1) is 0 Å². The van der Waals surface area contributed by atoms with Gasteiger partial charge in [0.2, 0.25) is 10.0 Å². The average Bonchev–Trinajstić information content (AvgIpc) is 2.61. The molecule has 0 spiro atoms. The molecule has 138 valence electrons. The molecule has 1 aliphatic rings. The lowest BCUT2D eigenvalue weighted by atomic mass is 10.1. The number of carbonyl (C=O) groups excluding carboxylic acids is 1. The van der Waals surface area contributed by atoms with Crippen LogP contribution in [0.15, 0.2) is 48.5 Å². The molecular weight excluding hydrogens is 372 g/mol. The summed E-state index contributed by atoms with van der Waals surface area (Å²) < 4.78 is 25.8. The summed E-state index contributed by atoms with van der Waals surface area (Å²) >= 11 is 6.31. The second-order valence-corrected chi connectivity index (χ2v) is 8.83. The molecule has 0 unspecified atom stereocenters. The first kappa shape index (κ1) is 18.7. The van der Waals surface area contributed by atoms with Crippen molar-refractivity contribution in [3.63, 3.8) is 0 Å². The van der Waals surface area contributed by atoms with Crippen LogP contribution >= 0.6 is 11.6 Å². The Morgan fingerprint density at radius 1 is 1.15 bits per heavy atom. The highest BCUT2D eigenvalue weighted by Crippen LogP contribution is 2.29. The van der Waals surface area contributed by atoms with Crippen LogP contribution in [0.1, 0.15) is 28.8 Å². The number of nitrogens with zero attached hydrogens (tertiary/aromatic N) is 2. The van der Waals surface area contributed by atoms with E-state index in [4.69, 9.17) is 11.6 Å². The fourth-order valence-corrected chi connectivity index (χ4v) is 4.93. The van der Waals surface area contributed by atoms with E-state index in [0.29, 0.717) is 30.8 Å². The molecule has 2 aromatic rings. The lowest BCUT2D eigenvalue weighted by Crippen LogP contribution is -2.37. The average molecular weight is 393 g/mol. The van der Waals surface area contributed by atoms with Crippen molar-refractivity contribution in [3.8, 4) is 0 Å². The van der Waals surface area contributed by atoms with Crippen LogP contribution < -0.4 is 4.31 Å². The maximum Gasteiger partial charge on any atom is 0.255 e. The quantitative estimate of drug-likeness (QED) is 0.799. The molecule has 0 bridgehead atoms. The van der Waals surface area contributed by atoms with E-state index >= 15 is 0 Å². The predicted molar refractivity (Wildman–Crippen MR) is 104 cm³/mol. The fourth-order valence-electron chi connectivity index (χ4n) is 3.05. The van der Waals surface area contributed by atoms with Crippen LogP contribution in [-0.2, 0) is 16.6 Å². The molecule has 0 aromatic heterocycles. The smallest absolute Gasteiger partial charge is 0.255 e. The summed E-state index contributed by atoms with van der Waals surface area (Å²) in [5.41, 5.74) is 1.90. The number of hydrogen-bond acceptors (Lipinski definition) is 3. The van der Waals surface area contributed by atoms with E-state index in [0.717, 1.165) is 12.0 Å². The summed E-state index contributed by atoms with van der Waals surface area (Å²) in [6.45, 7) is 0.915. The van der Waals surface area contributed by atoms with Crippen LogP contribution in [0.2, 0.25) is 5.02 Å². The standard InChI is InChI=1S/C19H21ClN2O3S/c1-21(14-15-7-3-2-4-8-15)19(23)17-10-9-16(13-18(17)20)22-11-5-6-12-26(22,24)25/h2-4,7-10,13H,5-6,11-12,14H2,1H3. The SMILES string of the molecule is CN(Cc1ccccc1)C(=O)c1ccc(N2CCCCS2(=O)=O)cc1Cl. The zero-order chi connectivity index (χ0) is 18.7. The van der Waals surface area contributed by atoms with E-state index in [-0.39, 0.29) is 16.7 Å². The third-order valence-corrected chi connectivity index (χ3v) is 6.61.